The Hall–Kier alpha value is -3.94. The number of nitrogens with zero attached hydrogens (tertiary/aromatic N) is 2. The van der Waals surface area contributed by atoms with Crippen molar-refractivity contribution in [3.63, 3.8) is 0 Å². The van der Waals surface area contributed by atoms with Crippen molar-refractivity contribution in [2.45, 2.75) is 6.18 Å². The minimum absolute atomic E-state index is 0.108. The third-order valence-electron chi connectivity index (χ3n) is 4.34. The van der Waals surface area contributed by atoms with E-state index in [2.05, 4.69) is 10.3 Å². The van der Waals surface area contributed by atoms with Gasteiger partial charge in [-0.2, -0.15) is 13.2 Å². The predicted octanol–water partition coefficient (Wildman–Crippen LogP) is 5.03. The molecule has 0 fully saturated rings. The lowest BCUT2D eigenvalue weighted by molar-refractivity contribution is -0.137. The standard InChI is InChI=1S/C23H18F3N3O2/c1-29(20-10-2-3-13-27-20)21(30)12-11-16-6-4-9-19(14-16)28-22(31)17-7-5-8-18(15-17)23(24,25)26/h2-15H,1H3,(H,28,31). The summed E-state index contributed by atoms with van der Waals surface area (Å²) in [7, 11) is 1.60. The van der Waals surface area contributed by atoms with Gasteiger partial charge in [-0.3, -0.25) is 14.5 Å². The van der Waals surface area contributed by atoms with E-state index in [0.717, 1.165) is 12.1 Å². The van der Waals surface area contributed by atoms with Crippen LogP contribution in [0.15, 0.2) is 79.0 Å². The van der Waals surface area contributed by atoms with Gasteiger partial charge in [0, 0.05) is 30.6 Å². The molecule has 2 aromatic carbocycles. The number of anilines is 2. The number of likely N-dealkylation sites (N-methyl/N-ethyl adjacent to an activating group) is 1. The number of carbonyl (C=O) groups excluding carboxylic acids is 2. The number of rotatable bonds is 5. The lowest BCUT2D eigenvalue weighted by atomic mass is 10.1. The van der Waals surface area contributed by atoms with Gasteiger partial charge in [0.15, 0.2) is 0 Å². The zero-order valence-corrected chi connectivity index (χ0v) is 16.4. The van der Waals surface area contributed by atoms with Crippen molar-refractivity contribution in [3.05, 3.63) is 95.7 Å². The summed E-state index contributed by atoms with van der Waals surface area (Å²) >= 11 is 0. The summed E-state index contributed by atoms with van der Waals surface area (Å²) in [4.78, 5) is 30.2. The highest BCUT2D eigenvalue weighted by molar-refractivity contribution is 6.05. The second-order valence-corrected chi connectivity index (χ2v) is 6.58. The van der Waals surface area contributed by atoms with Gasteiger partial charge in [0.1, 0.15) is 5.82 Å². The summed E-state index contributed by atoms with van der Waals surface area (Å²) in [5.74, 6) is -0.463. The SMILES string of the molecule is CN(C(=O)C=Cc1cccc(NC(=O)c2cccc(C(F)(F)F)c2)c1)c1ccccn1. The summed E-state index contributed by atoms with van der Waals surface area (Å²) in [6.45, 7) is 0. The smallest absolute Gasteiger partial charge is 0.322 e. The van der Waals surface area contributed by atoms with Crippen LogP contribution in [0, 0.1) is 0 Å². The molecule has 1 N–H and O–H groups in total. The van der Waals surface area contributed by atoms with E-state index in [4.69, 9.17) is 0 Å². The van der Waals surface area contributed by atoms with Crippen molar-refractivity contribution >= 4 is 29.4 Å². The maximum Gasteiger partial charge on any atom is 0.416 e. The zero-order valence-electron chi connectivity index (χ0n) is 16.4. The molecule has 158 valence electrons. The van der Waals surface area contributed by atoms with E-state index in [1.807, 2.05) is 0 Å². The average molecular weight is 425 g/mol. The molecule has 0 spiro atoms. The fraction of sp³-hybridized carbons (Fsp3) is 0.0870. The first-order chi connectivity index (χ1) is 14.7. The van der Waals surface area contributed by atoms with Gasteiger partial charge in [-0.15, -0.1) is 0 Å². The van der Waals surface area contributed by atoms with Crippen LogP contribution < -0.4 is 10.2 Å². The van der Waals surface area contributed by atoms with Crippen molar-refractivity contribution in [2.24, 2.45) is 0 Å². The molecular formula is C23H18F3N3O2. The molecule has 8 heteroatoms. The Morgan fingerprint density at radius 3 is 2.48 bits per heavy atom. The van der Waals surface area contributed by atoms with Crippen molar-refractivity contribution in [1.82, 2.24) is 4.98 Å². The second-order valence-electron chi connectivity index (χ2n) is 6.58. The van der Waals surface area contributed by atoms with Crippen LogP contribution >= 0.6 is 0 Å². The van der Waals surface area contributed by atoms with Crippen molar-refractivity contribution in [1.29, 1.82) is 0 Å². The van der Waals surface area contributed by atoms with Crippen molar-refractivity contribution < 1.29 is 22.8 Å². The van der Waals surface area contributed by atoms with E-state index in [0.29, 0.717) is 17.1 Å². The number of nitrogens with one attached hydrogen (secondary N) is 1. The van der Waals surface area contributed by atoms with E-state index in [1.165, 1.54) is 23.1 Å². The topological polar surface area (TPSA) is 62.3 Å². The molecule has 0 aliphatic carbocycles. The largest absolute Gasteiger partial charge is 0.416 e. The number of halogens is 3. The van der Waals surface area contributed by atoms with Crippen LogP contribution in [0.1, 0.15) is 21.5 Å². The van der Waals surface area contributed by atoms with Gasteiger partial charge < -0.3 is 5.32 Å². The Morgan fingerprint density at radius 1 is 1.00 bits per heavy atom. The lowest BCUT2D eigenvalue weighted by Gasteiger charge is -2.13. The summed E-state index contributed by atoms with van der Waals surface area (Å²) < 4.78 is 38.6. The van der Waals surface area contributed by atoms with Crippen molar-refractivity contribution in [3.8, 4) is 0 Å². The Balaban J connectivity index is 1.70. The minimum atomic E-state index is -4.53. The molecular weight excluding hydrogens is 407 g/mol. The first kappa shape index (κ1) is 21.8. The molecule has 0 saturated carbocycles. The van der Waals surface area contributed by atoms with E-state index >= 15 is 0 Å². The van der Waals surface area contributed by atoms with Crippen LogP contribution in [0.25, 0.3) is 6.08 Å². The molecule has 0 bridgehead atoms. The maximum absolute atomic E-state index is 12.9. The Kier molecular flexibility index (Phi) is 6.49. The van der Waals surface area contributed by atoms with Crippen LogP contribution in [0.2, 0.25) is 0 Å². The van der Waals surface area contributed by atoms with Crippen LogP contribution in [0.5, 0.6) is 0 Å². The van der Waals surface area contributed by atoms with E-state index in [9.17, 15) is 22.8 Å². The molecule has 0 saturated heterocycles. The van der Waals surface area contributed by atoms with Gasteiger partial charge in [-0.05, 0) is 54.1 Å². The molecule has 3 aromatic rings. The summed E-state index contributed by atoms with van der Waals surface area (Å²) in [6.07, 6.45) is -0.0144. The first-order valence-corrected chi connectivity index (χ1v) is 9.19. The number of carbonyl (C=O) groups is 2. The van der Waals surface area contributed by atoms with Crippen LogP contribution in [-0.4, -0.2) is 23.8 Å². The Labute approximate surface area is 176 Å². The van der Waals surface area contributed by atoms with Gasteiger partial charge in [0.05, 0.1) is 5.56 Å². The number of amides is 2. The molecule has 0 aliphatic rings. The molecule has 1 aromatic heterocycles. The number of alkyl halides is 3. The third-order valence-corrected chi connectivity index (χ3v) is 4.34. The fourth-order valence-electron chi connectivity index (χ4n) is 2.70. The van der Waals surface area contributed by atoms with E-state index in [-0.39, 0.29) is 11.5 Å². The number of benzene rings is 2. The highest BCUT2D eigenvalue weighted by Crippen LogP contribution is 2.29. The van der Waals surface area contributed by atoms with Crippen LogP contribution in [0.3, 0.4) is 0 Å². The number of hydrogen-bond acceptors (Lipinski definition) is 3. The van der Waals surface area contributed by atoms with Crippen LogP contribution in [-0.2, 0) is 11.0 Å². The normalized spacial score (nSPS) is 11.4. The Morgan fingerprint density at radius 2 is 1.77 bits per heavy atom. The number of hydrogen-bond donors (Lipinski definition) is 1. The second kappa shape index (κ2) is 9.25. The molecule has 0 radical (unpaired) electrons. The number of aromatic nitrogens is 1. The third kappa shape index (κ3) is 5.79. The predicted molar refractivity (Wildman–Crippen MR) is 113 cm³/mol. The molecule has 0 aliphatic heterocycles. The van der Waals surface area contributed by atoms with Gasteiger partial charge in [-0.1, -0.05) is 24.3 Å². The minimum Gasteiger partial charge on any atom is -0.322 e. The summed E-state index contributed by atoms with van der Waals surface area (Å²) in [5.41, 5.74) is 0.00927. The Bertz CT molecular complexity index is 1110. The van der Waals surface area contributed by atoms with Gasteiger partial charge in [-0.25, -0.2) is 4.98 Å². The zero-order chi connectivity index (χ0) is 22.4. The summed E-state index contributed by atoms with van der Waals surface area (Å²) in [5, 5.41) is 2.57. The van der Waals surface area contributed by atoms with Crippen LogP contribution in [0.4, 0.5) is 24.7 Å². The molecule has 0 unspecified atom stereocenters. The van der Waals surface area contributed by atoms with Gasteiger partial charge in [0.2, 0.25) is 0 Å². The fourth-order valence-corrected chi connectivity index (χ4v) is 2.70. The molecule has 31 heavy (non-hydrogen) atoms. The van der Waals surface area contributed by atoms with E-state index < -0.39 is 17.6 Å². The first-order valence-electron chi connectivity index (χ1n) is 9.19. The molecule has 2 amide bonds. The molecule has 3 rings (SSSR count). The number of pyridine rings is 1. The summed E-state index contributed by atoms with van der Waals surface area (Å²) in [6, 6.07) is 16.0. The van der Waals surface area contributed by atoms with Gasteiger partial charge in [0.25, 0.3) is 11.8 Å². The van der Waals surface area contributed by atoms with Gasteiger partial charge >= 0.3 is 6.18 Å². The lowest BCUT2D eigenvalue weighted by Crippen LogP contribution is -2.24. The quantitative estimate of drug-likeness (QED) is 0.584. The maximum atomic E-state index is 12.9. The molecule has 5 nitrogen and oxygen atoms in total. The highest BCUT2D eigenvalue weighted by Gasteiger charge is 2.30. The monoisotopic (exact) mass is 425 g/mol. The molecule has 0 atom stereocenters. The molecule has 1 heterocycles. The average Bonchev–Trinajstić information content (AvgIpc) is 2.77. The highest BCUT2D eigenvalue weighted by atomic mass is 19.4. The van der Waals surface area contributed by atoms with Crippen molar-refractivity contribution in [2.75, 3.05) is 17.3 Å². The van der Waals surface area contributed by atoms with E-state index in [1.54, 1.807) is 61.8 Å².